The number of carbonyl (C=O) groups is 1. The molecule has 2 aromatic rings. The zero-order valence-corrected chi connectivity index (χ0v) is 15.8. The monoisotopic (exact) mass is 371 g/mol. The Morgan fingerprint density at radius 1 is 0.923 bits per heavy atom. The van der Waals surface area contributed by atoms with E-state index in [2.05, 4.69) is 17.0 Å². The number of hydrogen-bond donors (Lipinski definition) is 0. The smallest absolute Gasteiger partial charge is 0.331 e. The van der Waals surface area contributed by atoms with E-state index in [9.17, 15) is 4.79 Å². The van der Waals surface area contributed by atoms with Crippen LogP contribution in [0, 0.1) is 0 Å². The van der Waals surface area contributed by atoms with Gasteiger partial charge in [-0.15, -0.1) is 12.4 Å². The summed E-state index contributed by atoms with van der Waals surface area (Å²) < 4.78 is 5.44. The first-order valence-electron chi connectivity index (χ1n) is 9.00. The van der Waals surface area contributed by atoms with Crippen LogP contribution in [-0.4, -0.2) is 24.0 Å². The molecular weight excluding hydrogens is 346 g/mol. The van der Waals surface area contributed by atoms with Crippen LogP contribution in [0.1, 0.15) is 36.0 Å². The molecule has 0 unspecified atom stereocenters. The van der Waals surface area contributed by atoms with E-state index in [-0.39, 0.29) is 18.4 Å². The van der Waals surface area contributed by atoms with E-state index in [0.717, 1.165) is 30.8 Å². The van der Waals surface area contributed by atoms with E-state index in [1.54, 1.807) is 6.08 Å². The number of hydrogen-bond acceptors (Lipinski definition) is 3. The molecule has 3 rings (SSSR count). The number of carbonyl (C=O) groups excluding carboxylic acids is 1. The van der Waals surface area contributed by atoms with Gasteiger partial charge >= 0.3 is 5.97 Å². The van der Waals surface area contributed by atoms with Gasteiger partial charge in [-0.3, -0.25) is 4.90 Å². The lowest BCUT2D eigenvalue weighted by molar-refractivity contribution is -0.138. The van der Waals surface area contributed by atoms with Crippen LogP contribution in [0.25, 0.3) is 6.08 Å². The van der Waals surface area contributed by atoms with E-state index in [0.29, 0.717) is 6.61 Å². The molecule has 2 aromatic carbocycles. The topological polar surface area (TPSA) is 29.5 Å². The summed E-state index contributed by atoms with van der Waals surface area (Å²) in [5.74, 6) is -0.309. The highest BCUT2D eigenvalue weighted by Gasteiger charge is 2.12. The van der Waals surface area contributed by atoms with Gasteiger partial charge in [-0.05, 0) is 48.7 Å². The fourth-order valence-electron chi connectivity index (χ4n) is 3.14. The zero-order chi connectivity index (χ0) is 17.3. The van der Waals surface area contributed by atoms with E-state index >= 15 is 0 Å². The second kappa shape index (κ2) is 10.8. The number of nitrogens with zero attached hydrogens (tertiary/aromatic N) is 1. The molecule has 0 bridgehead atoms. The average Bonchev–Trinajstić information content (AvgIpc) is 2.67. The molecule has 0 aliphatic carbocycles. The number of halogens is 1. The molecule has 0 radical (unpaired) electrons. The lowest BCUT2D eigenvalue weighted by Crippen LogP contribution is -2.29. The number of ether oxygens (including phenoxy) is 1. The second-order valence-corrected chi connectivity index (χ2v) is 6.46. The Morgan fingerprint density at radius 3 is 2.31 bits per heavy atom. The number of esters is 1. The first-order valence-corrected chi connectivity index (χ1v) is 9.00. The third-order valence-electron chi connectivity index (χ3n) is 4.54. The van der Waals surface area contributed by atoms with Crippen molar-refractivity contribution in [2.24, 2.45) is 0 Å². The minimum atomic E-state index is -0.309. The third-order valence-corrected chi connectivity index (χ3v) is 4.54. The van der Waals surface area contributed by atoms with Crippen molar-refractivity contribution in [3.05, 3.63) is 77.4 Å². The summed E-state index contributed by atoms with van der Waals surface area (Å²) >= 11 is 0. The predicted molar refractivity (Wildman–Crippen MR) is 108 cm³/mol. The first kappa shape index (κ1) is 20.2. The van der Waals surface area contributed by atoms with Crippen LogP contribution >= 0.6 is 12.4 Å². The Bertz CT molecular complexity index is 709. The highest BCUT2D eigenvalue weighted by Crippen LogP contribution is 2.17. The van der Waals surface area contributed by atoms with Crippen molar-refractivity contribution < 1.29 is 9.53 Å². The van der Waals surface area contributed by atoms with Gasteiger partial charge in [-0.1, -0.05) is 61.0 Å². The summed E-state index contributed by atoms with van der Waals surface area (Å²) in [5.41, 5.74) is 3.34. The van der Waals surface area contributed by atoms with Crippen molar-refractivity contribution in [2.75, 3.05) is 13.1 Å². The molecule has 0 N–H and O–H groups in total. The molecule has 1 saturated heterocycles. The van der Waals surface area contributed by atoms with Crippen molar-refractivity contribution >= 4 is 24.5 Å². The Morgan fingerprint density at radius 2 is 1.58 bits per heavy atom. The molecule has 138 valence electrons. The minimum Gasteiger partial charge on any atom is -0.458 e. The van der Waals surface area contributed by atoms with Crippen LogP contribution in [-0.2, 0) is 22.7 Å². The van der Waals surface area contributed by atoms with Crippen LogP contribution in [0.3, 0.4) is 0 Å². The lowest BCUT2D eigenvalue weighted by Gasteiger charge is -2.27. The van der Waals surface area contributed by atoms with E-state index in [4.69, 9.17) is 4.74 Å². The van der Waals surface area contributed by atoms with Gasteiger partial charge in [-0.25, -0.2) is 4.79 Å². The summed E-state index contributed by atoms with van der Waals surface area (Å²) in [7, 11) is 0. The van der Waals surface area contributed by atoms with Crippen molar-refractivity contribution in [3.63, 3.8) is 0 Å². The lowest BCUT2D eigenvalue weighted by atomic mass is 10.1. The molecule has 0 atom stereocenters. The van der Waals surface area contributed by atoms with Crippen LogP contribution in [0.4, 0.5) is 0 Å². The SMILES string of the molecule is Cl.O=C(/C=C/c1ccccc1)OCc1ccccc1CN1CCCCC1. The Balaban J connectivity index is 0.00000243. The molecule has 1 aliphatic rings. The summed E-state index contributed by atoms with van der Waals surface area (Å²) in [6.07, 6.45) is 7.16. The highest BCUT2D eigenvalue weighted by molar-refractivity contribution is 5.87. The molecule has 0 spiro atoms. The maximum atomic E-state index is 12.0. The normalized spacial score (nSPS) is 14.8. The fraction of sp³-hybridized carbons (Fsp3) is 0.318. The summed E-state index contributed by atoms with van der Waals surface area (Å²) in [6.45, 7) is 3.58. The summed E-state index contributed by atoms with van der Waals surface area (Å²) in [6, 6.07) is 18.0. The fourth-order valence-corrected chi connectivity index (χ4v) is 3.14. The molecular formula is C22H26ClNO2. The number of rotatable bonds is 6. The first-order chi connectivity index (χ1) is 12.3. The molecule has 0 amide bonds. The number of benzene rings is 2. The van der Waals surface area contributed by atoms with Crippen molar-refractivity contribution in [2.45, 2.75) is 32.4 Å². The van der Waals surface area contributed by atoms with Crippen LogP contribution < -0.4 is 0 Å². The zero-order valence-electron chi connectivity index (χ0n) is 15.0. The molecule has 1 aliphatic heterocycles. The number of likely N-dealkylation sites (tertiary alicyclic amines) is 1. The molecule has 1 heterocycles. The van der Waals surface area contributed by atoms with Gasteiger partial charge in [0.1, 0.15) is 6.61 Å². The molecule has 3 nitrogen and oxygen atoms in total. The Labute approximate surface area is 162 Å². The van der Waals surface area contributed by atoms with Gasteiger partial charge in [0.2, 0.25) is 0 Å². The predicted octanol–water partition coefficient (Wildman–Crippen LogP) is 4.85. The van der Waals surface area contributed by atoms with Crippen LogP contribution in [0.15, 0.2) is 60.7 Å². The third kappa shape index (κ3) is 6.32. The van der Waals surface area contributed by atoms with Gasteiger partial charge < -0.3 is 4.74 Å². The Hall–Kier alpha value is -2.10. The van der Waals surface area contributed by atoms with Gasteiger partial charge in [-0.2, -0.15) is 0 Å². The van der Waals surface area contributed by atoms with Gasteiger partial charge in [0.25, 0.3) is 0 Å². The largest absolute Gasteiger partial charge is 0.458 e. The second-order valence-electron chi connectivity index (χ2n) is 6.46. The van der Waals surface area contributed by atoms with Crippen molar-refractivity contribution in [1.82, 2.24) is 4.90 Å². The van der Waals surface area contributed by atoms with Crippen molar-refractivity contribution in [3.8, 4) is 0 Å². The standard InChI is InChI=1S/C22H25NO2.ClH/c24-22(14-13-19-9-3-1-4-10-19)25-18-21-12-6-5-11-20(21)17-23-15-7-2-8-16-23;/h1,3-6,9-14H,2,7-8,15-18H2;1H/b14-13+;. The average molecular weight is 372 g/mol. The van der Waals surface area contributed by atoms with Gasteiger partial charge in [0, 0.05) is 12.6 Å². The Kier molecular flexibility index (Phi) is 8.39. The summed E-state index contributed by atoms with van der Waals surface area (Å²) in [4.78, 5) is 14.5. The maximum Gasteiger partial charge on any atom is 0.331 e. The molecule has 0 saturated carbocycles. The van der Waals surface area contributed by atoms with Gasteiger partial charge in [0.05, 0.1) is 0 Å². The molecule has 26 heavy (non-hydrogen) atoms. The van der Waals surface area contributed by atoms with Crippen LogP contribution in [0.2, 0.25) is 0 Å². The molecule has 4 heteroatoms. The molecule has 1 fully saturated rings. The van der Waals surface area contributed by atoms with E-state index in [1.807, 2.05) is 42.5 Å². The highest BCUT2D eigenvalue weighted by atomic mass is 35.5. The summed E-state index contributed by atoms with van der Waals surface area (Å²) in [5, 5.41) is 0. The number of piperidine rings is 1. The van der Waals surface area contributed by atoms with Gasteiger partial charge in [0.15, 0.2) is 0 Å². The van der Waals surface area contributed by atoms with Crippen molar-refractivity contribution in [1.29, 1.82) is 0 Å². The van der Waals surface area contributed by atoms with E-state index in [1.165, 1.54) is 30.9 Å². The quantitative estimate of drug-likeness (QED) is 0.537. The minimum absolute atomic E-state index is 0. The maximum absolute atomic E-state index is 12.0. The van der Waals surface area contributed by atoms with Crippen LogP contribution in [0.5, 0.6) is 0 Å². The van der Waals surface area contributed by atoms with E-state index < -0.39 is 0 Å². The molecule has 0 aromatic heterocycles.